The molecule has 0 fully saturated rings. The van der Waals surface area contributed by atoms with Gasteiger partial charge >= 0.3 is 0 Å². The van der Waals surface area contributed by atoms with Crippen LogP contribution in [-0.4, -0.2) is 23.2 Å². The highest BCUT2D eigenvalue weighted by molar-refractivity contribution is 7.89. The molecule has 0 spiro atoms. The molecule has 2 aromatic carbocycles. The van der Waals surface area contributed by atoms with Gasteiger partial charge in [-0.25, -0.2) is 13.1 Å². The molecule has 2 aromatic heterocycles. The first kappa shape index (κ1) is 18.3. The average Bonchev–Trinajstić information content (AvgIpc) is 3.20. The van der Waals surface area contributed by atoms with E-state index in [9.17, 15) is 8.42 Å². The van der Waals surface area contributed by atoms with Crippen molar-refractivity contribution in [1.29, 1.82) is 0 Å². The second kappa shape index (κ2) is 7.53. The molecule has 4 aromatic rings. The van der Waals surface area contributed by atoms with Crippen molar-refractivity contribution in [3.63, 3.8) is 0 Å². The first-order chi connectivity index (χ1) is 13.5. The summed E-state index contributed by atoms with van der Waals surface area (Å²) in [5.74, 6) is 0. The maximum Gasteiger partial charge on any atom is 0.243 e. The number of aryl methyl sites for hydroxylation is 1. The van der Waals surface area contributed by atoms with Crippen molar-refractivity contribution < 1.29 is 8.42 Å². The summed E-state index contributed by atoms with van der Waals surface area (Å²) in [6.07, 6.45) is 5.33. The minimum atomic E-state index is -3.68. The number of para-hydroxylation sites is 1. The molecule has 0 bridgehead atoms. The molecule has 142 valence electrons. The van der Waals surface area contributed by atoms with Crippen molar-refractivity contribution in [2.24, 2.45) is 0 Å². The molecule has 0 saturated heterocycles. The number of sulfonamides is 1. The zero-order valence-electron chi connectivity index (χ0n) is 15.4. The van der Waals surface area contributed by atoms with Gasteiger partial charge in [-0.05, 0) is 41.8 Å². The lowest BCUT2D eigenvalue weighted by atomic mass is 10.1. The second-order valence-corrected chi connectivity index (χ2v) is 8.42. The van der Waals surface area contributed by atoms with Crippen molar-refractivity contribution in [2.45, 2.75) is 24.9 Å². The molecule has 0 atom stereocenters. The number of aromatic nitrogens is 3. The van der Waals surface area contributed by atoms with E-state index in [4.69, 9.17) is 0 Å². The third-order valence-corrected chi connectivity index (χ3v) is 5.93. The maximum atomic E-state index is 12.8. The van der Waals surface area contributed by atoms with Crippen LogP contribution in [0.5, 0.6) is 0 Å². The molecule has 1 N–H and O–H groups in total. The van der Waals surface area contributed by atoms with Gasteiger partial charge in [-0.2, -0.15) is 5.10 Å². The minimum Gasteiger partial charge on any atom is -0.268 e. The molecule has 7 heteroatoms. The Morgan fingerprint density at radius 1 is 1.04 bits per heavy atom. The van der Waals surface area contributed by atoms with Crippen LogP contribution in [0, 0.1) is 6.92 Å². The highest BCUT2D eigenvalue weighted by atomic mass is 32.2. The summed E-state index contributed by atoms with van der Waals surface area (Å²) in [7, 11) is -3.68. The van der Waals surface area contributed by atoms with E-state index in [1.54, 1.807) is 24.5 Å². The van der Waals surface area contributed by atoms with E-state index in [2.05, 4.69) is 14.8 Å². The summed E-state index contributed by atoms with van der Waals surface area (Å²) in [6.45, 7) is 2.83. The summed E-state index contributed by atoms with van der Waals surface area (Å²) >= 11 is 0. The molecule has 2 heterocycles. The van der Waals surface area contributed by atoms with Crippen LogP contribution in [0.1, 0.15) is 16.7 Å². The SMILES string of the molecule is Cc1cnc2c(S(=O)(=O)NCc3ccc(Cn4cccn4)cc3)cccc2c1. The quantitative estimate of drug-likeness (QED) is 0.546. The molecule has 0 aliphatic rings. The van der Waals surface area contributed by atoms with Gasteiger partial charge in [0, 0.05) is 30.5 Å². The maximum absolute atomic E-state index is 12.8. The van der Waals surface area contributed by atoms with E-state index in [1.165, 1.54) is 0 Å². The molecule has 0 radical (unpaired) electrons. The smallest absolute Gasteiger partial charge is 0.243 e. The van der Waals surface area contributed by atoms with E-state index in [0.29, 0.717) is 12.1 Å². The molecule has 0 aliphatic carbocycles. The predicted molar refractivity (Wildman–Crippen MR) is 108 cm³/mol. The zero-order valence-corrected chi connectivity index (χ0v) is 16.2. The van der Waals surface area contributed by atoms with E-state index in [-0.39, 0.29) is 11.4 Å². The summed E-state index contributed by atoms with van der Waals surface area (Å²) in [4.78, 5) is 4.52. The second-order valence-electron chi connectivity index (χ2n) is 6.69. The van der Waals surface area contributed by atoms with Gasteiger partial charge in [-0.1, -0.05) is 36.4 Å². The van der Waals surface area contributed by atoms with Crippen LogP contribution in [-0.2, 0) is 23.1 Å². The third-order valence-electron chi connectivity index (χ3n) is 4.49. The number of hydrogen-bond donors (Lipinski definition) is 1. The summed E-state index contributed by atoms with van der Waals surface area (Å²) in [6, 6.07) is 16.8. The highest BCUT2D eigenvalue weighted by Crippen LogP contribution is 2.22. The van der Waals surface area contributed by atoms with Gasteiger partial charge in [-0.15, -0.1) is 0 Å². The zero-order chi connectivity index (χ0) is 19.6. The number of nitrogens with one attached hydrogen (secondary N) is 1. The number of rotatable bonds is 6. The van der Waals surface area contributed by atoms with E-state index >= 15 is 0 Å². The molecule has 0 saturated carbocycles. The standard InChI is InChI=1S/C21H20N4O2S/c1-16-12-19-4-2-5-20(21(19)22-13-16)28(26,27)24-14-17-6-8-18(9-7-17)15-25-11-3-10-23-25/h2-13,24H,14-15H2,1H3. The normalized spacial score (nSPS) is 11.8. The first-order valence-corrected chi connectivity index (χ1v) is 10.4. The lowest BCUT2D eigenvalue weighted by molar-refractivity contribution is 0.582. The molecule has 0 aliphatic heterocycles. The van der Waals surface area contributed by atoms with Gasteiger partial charge in [-0.3, -0.25) is 9.67 Å². The van der Waals surface area contributed by atoms with Crippen LogP contribution in [0.25, 0.3) is 10.9 Å². The van der Waals surface area contributed by atoms with Crippen molar-refractivity contribution in [1.82, 2.24) is 19.5 Å². The van der Waals surface area contributed by atoms with Gasteiger partial charge in [0.25, 0.3) is 0 Å². The van der Waals surface area contributed by atoms with Gasteiger partial charge in [0.2, 0.25) is 10.0 Å². The molecule has 28 heavy (non-hydrogen) atoms. The number of fused-ring (bicyclic) bond motifs is 1. The summed E-state index contributed by atoms with van der Waals surface area (Å²) < 4.78 is 30.2. The third kappa shape index (κ3) is 3.95. The van der Waals surface area contributed by atoms with Crippen molar-refractivity contribution in [3.05, 3.63) is 89.9 Å². The largest absolute Gasteiger partial charge is 0.268 e. The fraction of sp³-hybridized carbons (Fsp3) is 0.143. The average molecular weight is 392 g/mol. The van der Waals surface area contributed by atoms with Crippen LogP contribution < -0.4 is 4.72 Å². The van der Waals surface area contributed by atoms with Crippen LogP contribution in [0.4, 0.5) is 0 Å². The number of nitrogens with zero attached hydrogens (tertiary/aromatic N) is 3. The van der Waals surface area contributed by atoms with E-state index in [0.717, 1.165) is 22.1 Å². The first-order valence-electron chi connectivity index (χ1n) is 8.91. The van der Waals surface area contributed by atoms with E-state index < -0.39 is 10.0 Å². The fourth-order valence-electron chi connectivity index (χ4n) is 3.06. The Morgan fingerprint density at radius 3 is 2.57 bits per heavy atom. The molecule has 0 amide bonds. The molecular formula is C21H20N4O2S. The van der Waals surface area contributed by atoms with Crippen LogP contribution in [0.2, 0.25) is 0 Å². The van der Waals surface area contributed by atoms with Gasteiger partial charge in [0.1, 0.15) is 4.90 Å². The lowest BCUT2D eigenvalue weighted by Crippen LogP contribution is -2.23. The van der Waals surface area contributed by atoms with Crippen molar-refractivity contribution >= 4 is 20.9 Å². The van der Waals surface area contributed by atoms with Crippen LogP contribution in [0.15, 0.2) is 78.1 Å². The Kier molecular flexibility index (Phi) is 4.93. The lowest BCUT2D eigenvalue weighted by Gasteiger charge is -2.10. The van der Waals surface area contributed by atoms with Crippen molar-refractivity contribution in [3.8, 4) is 0 Å². The monoisotopic (exact) mass is 392 g/mol. The fourth-order valence-corrected chi connectivity index (χ4v) is 4.25. The Hall–Kier alpha value is -3.03. The minimum absolute atomic E-state index is 0.195. The molecule has 4 rings (SSSR count). The van der Waals surface area contributed by atoms with Crippen LogP contribution >= 0.6 is 0 Å². The Balaban J connectivity index is 1.50. The number of pyridine rings is 1. The van der Waals surface area contributed by atoms with E-state index in [1.807, 2.05) is 60.3 Å². The number of hydrogen-bond acceptors (Lipinski definition) is 4. The van der Waals surface area contributed by atoms with Crippen LogP contribution in [0.3, 0.4) is 0 Å². The van der Waals surface area contributed by atoms with Gasteiger partial charge < -0.3 is 0 Å². The Bertz CT molecular complexity index is 1200. The molecular weight excluding hydrogens is 372 g/mol. The predicted octanol–water partition coefficient (Wildman–Crippen LogP) is 3.27. The molecule has 0 unspecified atom stereocenters. The van der Waals surface area contributed by atoms with Crippen molar-refractivity contribution in [2.75, 3.05) is 0 Å². The Morgan fingerprint density at radius 2 is 1.82 bits per heavy atom. The van der Waals surface area contributed by atoms with Gasteiger partial charge in [0.15, 0.2) is 0 Å². The topological polar surface area (TPSA) is 76.9 Å². The Labute approximate surface area is 163 Å². The van der Waals surface area contributed by atoms with Gasteiger partial charge in [0.05, 0.1) is 12.1 Å². The highest BCUT2D eigenvalue weighted by Gasteiger charge is 2.18. The number of benzene rings is 2. The summed E-state index contributed by atoms with van der Waals surface area (Å²) in [5.41, 5.74) is 3.46. The summed E-state index contributed by atoms with van der Waals surface area (Å²) in [5, 5.41) is 5.00. The molecule has 6 nitrogen and oxygen atoms in total.